The van der Waals surface area contributed by atoms with E-state index in [2.05, 4.69) is 35.9 Å². The van der Waals surface area contributed by atoms with Gasteiger partial charge in [-0.15, -0.1) is 11.3 Å². The number of nitrogens with one attached hydrogen (secondary N) is 3. The van der Waals surface area contributed by atoms with Crippen molar-refractivity contribution in [2.45, 2.75) is 57.7 Å². The van der Waals surface area contributed by atoms with Crippen molar-refractivity contribution in [2.24, 2.45) is 0 Å². The minimum atomic E-state index is -0.434. The zero-order valence-electron chi connectivity index (χ0n) is 19.5. The molecule has 1 unspecified atom stereocenters. The third-order valence-electron chi connectivity index (χ3n) is 6.33. The molecule has 3 N–H and O–H groups in total. The fraction of sp³-hybridized carbons (Fsp3) is 0.478. The van der Waals surface area contributed by atoms with Gasteiger partial charge in [-0.2, -0.15) is 4.98 Å². The average molecular weight is 499 g/mol. The highest BCUT2D eigenvalue weighted by atomic mass is 32.1. The van der Waals surface area contributed by atoms with E-state index in [-0.39, 0.29) is 41.7 Å². The lowest BCUT2D eigenvalue weighted by Gasteiger charge is -2.39. The van der Waals surface area contributed by atoms with Crippen LogP contribution in [0, 0.1) is 12.7 Å². The first kappa shape index (κ1) is 23.3. The molecule has 3 aromatic heterocycles. The SMILES string of the molecule is Cc1nc2nc(NC(C)c3cncc(F)c3)nc(C(=O)N3CC(NC(=O)NC4CCCC4)C3)c2s1. The number of aromatic nitrogens is 4. The van der Waals surface area contributed by atoms with Gasteiger partial charge < -0.3 is 20.9 Å². The van der Waals surface area contributed by atoms with Crippen molar-refractivity contribution in [3.05, 3.63) is 40.5 Å². The Labute approximate surface area is 205 Å². The lowest BCUT2D eigenvalue weighted by Crippen LogP contribution is -2.62. The third kappa shape index (κ3) is 5.16. The van der Waals surface area contributed by atoms with Gasteiger partial charge in [-0.05, 0) is 38.3 Å². The Morgan fingerprint density at radius 3 is 2.60 bits per heavy atom. The second-order valence-electron chi connectivity index (χ2n) is 9.09. The lowest BCUT2D eigenvalue weighted by atomic mass is 10.1. The number of hydrogen-bond acceptors (Lipinski definition) is 8. The fourth-order valence-corrected chi connectivity index (χ4v) is 5.29. The van der Waals surface area contributed by atoms with E-state index in [0.29, 0.717) is 29.0 Å². The molecular weight excluding hydrogens is 471 g/mol. The van der Waals surface area contributed by atoms with Crippen LogP contribution in [-0.2, 0) is 0 Å². The molecule has 5 rings (SSSR count). The van der Waals surface area contributed by atoms with E-state index < -0.39 is 5.82 Å². The summed E-state index contributed by atoms with van der Waals surface area (Å²) in [7, 11) is 0. The fourth-order valence-electron chi connectivity index (χ4n) is 4.45. The zero-order valence-corrected chi connectivity index (χ0v) is 20.4. The molecule has 10 nitrogen and oxygen atoms in total. The summed E-state index contributed by atoms with van der Waals surface area (Å²) in [5.41, 5.74) is 1.33. The Balaban J connectivity index is 1.27. The molecule has 0 bridgehead atoms. The maximum absolute atomic E-state index is 13.6. The van der Waals surface area contributed by atoms with Gasteiger partial charge in [0.1, 0.15) is 10.5 Å². The number of anilines is 1. The number of likely N-dealkylation sites (tertiary alicyclic amines) is 1. The summed E-state index contributed by atoms with van der Waals surface area (Å²) in [6.45, 7) is 4.50. The molecule has 0 radical (unpaired) electrons. The molecule has 1 atom stereocenters. The molecule has 0 aromatic carbocycles. The molecule has 184 valence electrons. The van der Waals surface area contributed by atoms with Crippen LogP contribution in [0.1, 0.15) is 59.7 Å². The standard InChI is InChI=1S/C23H27FN8O2S/c1-12(14-7-15(24)9-25-8-14)26-22-30-18(19-20(31-22)27-13(2)35-19)21(33)32-10-17(11-32)29-23(34)28-16-5-3-4-6-16/h7-9,12,16-17H,3-6,10-11H2,1-2H3,(H,26,30,31)(H2,28,29,34). The largest absolute Gasteiger partial charge is 0.348 e. The van der Waals surface area contributed by atoms with E-state index in [1.54, 1.807) is 11.1 Å². The number of amides is 3. The molecule has 2 aliphatic rings. The van der Waals surface area contributed by atoms with E-state index in [0.717, 1.165) is 36.9 Å². The van der Waals surface area contributed by atoms with Gasteiger partial charge in [0, 0.05) is 25.3 Å². The number of rotatable bonds is 6. The first-order valence-corrected chi connectivity index (χ1v) is 12.6. The molecule has 1 aliphatic carbocycles. The maximum Gasteiger partial charge on any atom is 0.315 e. The average Bonchev–Trinajstić information content (AvgIpc) is 3.43. The Morgan fingerprint density at radius 1 is 1.11 bits per heavy atom. The molecule has 1 saturated carbocycles. The Bertz CT molecular complexity index is 1260. The van der Waals surface area contributed by atoms with E-state index in [9.17, 15) is 14.0 Å². The van der Waals surface area contributed by atoms with E-state index in [1.165, 1.54) is 17.4 Å². The molecule has 3 amide bonds. The number of hydrogen-bond donors (Lipinski definition) is 3. The summed E-state index contributed by atoms with van der Waals surface area (Å²) in [6.07, 6.45) is 7.04. The highest BCUT2D eigenvalue weighted by Crippen LogP contribution is 2.28. The molecule has 12 heteroatoms. The summed E-state index contributed by atoms with van der Waals surface area (Å²) in [5.74, 6) is -0.441. The minimum Gasteiger partial charge on any atom is -0.348 e. The summed E-state index contributed by atoms with van der Waals surface area (Å²) in [5, 5.41) is 9.85. The van der Waals surface area contributed by atoms with Crippen molar-refractivity contribution < 1.29 is 14.0 Å². The normalized spacial score (nSPS) is 17.3. The number of carbonyl (C=O) groups excluding carboxylic acids is 2. The lowest BCUT2D eigenvalue weighted by molar-refractivity contribution is 0.0573. The van der Waals surface area contributed by atoms with Crippen molar-refractivity contribution in [2.75, 3.05) is 18.4 Å². The molecule has 35 heavy (non-hydrogen) atoms. The van der Waals surface area contributed by atoms with Crippen molar-refractivity contribution in [1.29, 1.82) is 0 Å². The number of fused-ring (bicyclic) bond motifs is 1. The number of pyridine rings is 1. The predicted octanol–water partition coefficient (Wildman–Crippen LogP) is 3.17. The van der Waals surface area contributed by atoms with Gasteiger partial charge in [0.05, 0.1) is 23.3 Å². The van der Waals surface area contributed by atoms with E-state index in [1.807, 2.05) is 13.8 Å². The van der Waals surface area contributed by atoms with Crippen molar-refractivity contribution >= 4 is 39.6 Å². The molecular formula is C23H27FN8O2S. The number of carbonyl (C=O) groups is 2. The number of urea groups is 1. The van der Waals surface area contributed by atoms with Gasteiger partial charge in [-0.25, -0.2) is 19.2 Å². The Morgan fingerprint density at radius 2 is 1.86 bits per heavy atom. The Hall–Kier alpha value is -3.41. The van der Waals surface area contributed by atoms with Crippen molar-refractivity contribution in [3.63, 3.8) is 0 Å². The number of thiazole rings is 1. The molecule has 3 aromatic rings. The van der Waals surface area contributed by atoms with Crippen LogP contribution >= 0.6 is 11.3 Å². The van der Waals surface area contributed by atoms with Gasteiger partial charge in [-0.3, -0.25) is 9.78 Å². The highest BCUT2D eigenvalue weighted by molar-refractivity contribution is 7.18. The van der Waals surface area contributed by atoms with Gasteiger partial charge in [0.15, 0.2) is 11.3 Å². The summed E-state index contributed by atoms with van der Waals surface area (Å²) in [6, 6.07) is 1.02. The first-order chi connectivity index (χ1) is 16.9. The van der Waals surface area contributed by atoms with Crippen LogP contribution in [0.2, 0.25) is 0 Å². The van der Waals surface area contributed by atoms with E-state index >= 15 is 0 Å². The quantitative estimate of drug-likeness (QED) is 0.477. The van der Waals surface area contributed by atoms with Gasteiger partial charge in [0.2, 0.25) is 5.95 Å². The van der Waals surface area contributed by atoms with Crippen LogP contribution in [0.4, 0.5) is 15.1 Å². The minimum absolute atomic E-state index is 0.0982. The zero-order chi connectivity index (χ0) is 24.5. The van der Waals surface area contributed by atoms with Crippen LogP contribution in [0.25, 0.3) is 10.3 Å². The van der Waals surface area contributed by atoms with Crippen LogP contribution in [-0.4, -0.2) is 61.9 Å². The predicted molar refractivity (Wildman–Crippen MR) is 130 cm³/mol. The third-order valence-corrected chi connectivity index (χ3v) is 7.30. The van der Waals surface area contributed by atoms with E-state index in [4.69, 9.17) is 0 Å². The molecule has 2 fully saturated rings. The number of halogens is 1. The first-order valence-electron chi connectivity index (χ1n) is 11.7. The van der Waals surface area contributed by atoms with Crippen molar-refractivity contribution in [1.82, 2.24) is 35.5 Å². The molecule has 0 spiro atoms. The maximum atomic E-state index is 13.6. The van der Waals surface area contributed by atoms with Crippen LogP contribution in [0.15, 0.2) is 18.5 Å². The molecule has 1 aliphatic heterocycles. The van der Waals surface area contributed by atoms with Crippen LogP contribution < -0.4 is 16.0 Å². The monoisotopic (exact) mass is 498 g/mol. The summed E-state index contributed by atoms with van der Waals surface area (Å²) < 4.78 is 14.2. The van der Waals surface area contributed by atoms with Gasteiger partial charge >= 0.3 is 6.03 Å². The number of nitrogens with zero attached hydrogens (tertiary/aromatic N) is 5. The smallest absolute Gasteiger partial charge is 0.315 e. The topological polar surface area (TPSA) is 125 Å². The number of aryl methyl sites for hydroxylation is 1. The second kappa shape index (κ2) is 9.68. The van der Waals surface area contributed by atoms with Gasteiger partial charge in [-0.1, -0.05) is 12.8 Å². The van der Waals surface area contributed by atoms with Crippen LogP contribution in [0.3, 0.4) is 0 Å². The highest BCUT2D eigenvalue weighted by Gasteiger charge is 2.35. The molecule has 4 heterocycles. The second-order valence-corrected chi connectivity index (χ2v) is 10.3. The molecule has 1 saturated heterocycles. The Kier molecular flexibility index (Phi) is 6.46. The van der Waals surface area contributed by atoms with Gasteiger partial charge in [0.25, 0.3) is 5.91 Å². The van der Waals surface area contributed by atoms with Crippen molar-refractivity contribution in [3.8, 4) is 0 Å². The summed E-state index contributed by atoms with van der Waals surface area (Å²) >= 11 is 1.36. The van der Waals surface area contributed by atoms with Crippen LogP contribution in [0.5, 0.6) is 0 Å². The summed E-state index contributed by atoms with van der Waals surface area (Å²) in [4.78, 5) is 44.5.